The van der Waals surface area contributed by atoms with Crippen LogP contribution in [0.3, 0.4) is 0 Å². The highest BCUT2D eigenvalue weighted by molar-refractivity contribution is 9.10. The number of nitriles is 1. The molecule has 0 radical (unpaired) electrons. The van der Waals surface area contributed by atoms with Crippen molar-refractivity contribution in [3.63, 3.8) is 0 Å². The van der Waals surface area contributed by atoms with Gasteiger partial charge in [-0.2, -0.15) is 5.26 Å². The highest BCUT2D eigenvalue weighted by Crippen LogP contribution is 2.22. The molecule has 2 rings (SSSR count). The van der Waals surface area contributed by atoms with E-state index in [0.29, 0.717) is 24.3 Å². The minimum Gasteiger partial charge on any atom is -0.492 e. The number of non-ortho nitro benzene ring substituents is 1. The Morgan fingerprint density at radius 1 is 1.24 bits per heavy atom. The van der Waals surface area contributed by atoms with Crippen LogP contribution in [0.5, 0.6) is 5.75 Å². The Bertz CT molecular complexity index is 693. The molecule has 2 aromatic carbocycles. The van der Waals surface area contributed by atoms with E-state index in [-0.39, 0.29) is 5.69 Å². The summed E-state index contributed by atoms with van der Waals surface area (Å²) in [5.74, 6) is 0.530. The Hall–Kier alpha value is -2.39. The van der Waals surface area contributed by atoms with E-state index in [0.717, 1.165) is 10.0 Å². The maximum atomic E-state index is 10.6. The number of hydrogen-bond donors (Lipinski definition) is 0. The van der Waals surface area contributed by atoms with E-state index in [4.69, 9.17) is 10.00 Å². The van der Waals surface area contributed by atoms with Gasteiger partial charge in [0.25, 0.3) is 5.69 Å². The van der Waals surface area contributed by atoms with E-state index in [1.54, 1.807) is 24.3 Å². The van der Waals surface area contributed by atoms with Crippen molar-refractivity contribution in [3.05, 3.63) is 68.2 Å². The average molecular weight is 347 g/mol. The number of ether oxygens (including phenoxy) is 1. The highest BCUT2D eigenvalue weighted by Gasteiger charge is 2.06. The van der Waals surface area contributed by atoms with Crippen LogP contribution in [0, 0.1) is 21.4 Å². The second-order valence-corrected chi connectivity index (χ2v) is 5.19. The van der Waals surface area contributed by atoms with E-state index in [1.807, 2.05) is 6.07 Å². The van der Waals surface area contributed by atoms with Gasteiger partial charge in [0.05, 0.1) is 17.1 Å². The molecular weight excluding hydrogens is 336 g/mol. The fraction of sp³-hybridized carbons (Fsp3) is 0.133. The van der Waals surface area contributed by atoms with E-state index in [2.05, 4.69) is 22.0 Å². The molecule has 2 aromatic rings. The van der Waals surface area contributed by atoms with E-state index < -0.39 is 4.92 Å². The summed E-state index contributed by atoms with van der Waals surface area (Å²) in [7, 11) is 0. The predicted molar refractivity (Wildman–Crippen MR) is 81.2 cm³/mol. The van der Waals surface area contributed by atoms with Gasteiger partial charge < -0.3 is 4.74 Å². The van der Waals surface area contributed by atoms with Crippen LogP contribution in [0.1, 0.15) is 11.1 Å². The van der Waals surface area contributed by atoms with Gasteiger partial charge in [-0.3, -0.25) is 10.1 Å². The summed E-state index contributed by atoms with van der Waals surface area (Å²) >= 11 is 3.30. The second-order valence-electron chi connectivity index (χ2n) is 4.27. The lowest BCUT2D eigenvalue weighted by molar-refractivity contribution is -0.384. The Balaban J connectivity index is 1.95. The van der Waals surface area contributed by atoms with Crippen molar-refractivity contribution in [2.24, 2.45) is 0 Å². The van der Waals surface area contributed by atoms with Gasteiger partial charge in [-0.25, -0.2) is 0 Å². The first-order chi connectivity index (χ1) is 10.1. The van der Waals surface area contributed by atoms with E-state index >= 15 is 0 Å². The van der Waals surface area contributed by atoms with E-state index in [1.165, 1.54) is 12.1 Å². The summed E-state index contributed by atoms with van der Waals surface area (Å²) in [5, 5.41) is 19.6. The number of benzene rings is 2. The fourth-order valence-corrected chi connectivity index (χ4v) is 2.14. The van der Waals surface area contributed by atoms with Crippen molar-refractivity contribution in [2.75, 3.05) is 6.61 Å². The Morgan fingerprint density at radius 2 is 1.95 bits per heavy atom. The minimum absolute atomic E-state index is 0.0688. The molecule has 0 N–H and O–H groups in total. The molecule has 0 aliphatic heterocycles. The molecule has 0 unspecified atom stereocenters. The van der Waals surface area contributed by atoms with Gasteiger partial charge in [0, 0.05) is 23.0 Å². The van der Waals surface area contributed by atoms with Gasteiger partial charge >= 0.3 is 0 Å². The van der Waals surface area contributed by atoms with E-state index in [9.17, 15) is 10.1 Å². The largest absolute Gasteiger partial charge is 0.492 e. The lowest BCUT2D eigenvalue weighted by atomic mass is 10.1. The molecule has 0 aromatic heterocycles. The summed E-state index contributed by atoms with van der Waals surface area (Å²) in [4.78, 5) is 10.1. The molecule has 6 heteroatoms. The van der Waals surface area contributed by atoms with Crippen molar-refractivity contribution >= 4 is 21.6 Å². The Morgan fingerprint density at radius 3 is 2.57 bits per heavy atom. The number of nitro benzene ring substituents is 1. The van der Waals surface area contributed by atoms with Gasteiger partial charge in [-0.15, -0.1) is 0 Å². The lowest BCUT2D eigenvalue weighted by Gasteiger charge is -2.08. The topological polar surface area (TPSA) is 76.2 Å². The van der Waals surface area contributed by atoms with Gasteiger partial charge in [-0.05, 0) is 23.8 Å². The number of nitrogens with zero attached hydrogens (tertiary/aromatic N) is 2. The van der Waals surface area contributed by atoms with Crippen LogP contribution in [0.4, 0.5) is 5.69 Å². The van der Waals surface area contributed by atoms with Crippen LogP contribution in [-0.2, 0) is 6.42 Å². The molecule has 0 saturated carbocycles. The van der Waals surface area contributed by atoms with Crippen molar-refractivity contribution in [3.8, 4) is 11.8 Å². The summed E-state index contributed by atoms with van der Waals surface area (Å²) in [6.07, 6.45) is 0.610. The zero-order chi connectivity index (χ0) is 15.2. The number of hydrogen-bond acceptors (Lipinski definition) is 4. The summed E-state index contributed by atoms with van der Waals surface area (Å²) in [5.41, 5.74) is 1.48. The Kier molecular flexibility index (Phi) is 4.90. The van der Waals surface area contributed by atoms with Crippen molar-refractivity contribution in [1.29, 1.82) is 5.26 Å². The number of rotatable bonds is 5. The van der Waals surface area contributed by atoms with Crippen molar-refractivity contribution < 1.29 is 9.66 Å². The summed E-state index contributed by atoms with van der Waals surface area (Å²) < 4.78 is 6.41. The van der Waals surface area contributed by atoms with Gasteiger partial charge in [0.15, 0.2) is 0 Å². The highest BCUT2D eigenvalue weighted by atomic mass is 79.9. The smallest absolute Gasteiger partial charge is 0.269 e. The molecule has 0 saturated heterocycles. The van der Waals surface area contributed by atoms with Crippen LogP contribution in [0.25, 0.3) is 0 Å². The molecule has 0 fully saturated rings. The molecule has 0 aliphatic carbocycles. The van der Waals surface area contributed by atoms with Crippen LogP contribution >= 0.6 is 15.9 Å². The van der Waals surface area contributed by atoms with Crippen molar-refractivity contribution in [1.82, 2.24) is 0 Å². The molecule has 0 aliphatic rings. The minimum atomic E-state index is -0.429. The lowest BCUT2D eigenvalue weighted by Crippen LogP contribution is -2.02. The standard InChI is InChI=1S/C15H11BrN2O3/c16-13-3-6-15(12(9-13)10-17)21-8-7-11-1-4-14(5-2-11)18(19)20/h1-6,9H,7-8H2. The molecule has 106 valence electrons. The average Bonchev–Trinajstić information content (AvgIpc) is 2.49. The normalized spacial score (nSPS) is 9.90. The van der Waals surface area contributed by atoms with Crippen LogP contribution in [0.15, 0.2) is 46.9 Å². The summed E-state index contributed by atoms with van der Waals surface area (Å²) in [6, 6.07) is 13.7. The van der Waals surface area contributed by atoms with Crippen LogP contribution in [-0.4, -0.2) is 11.5 Å². The third-order valence-electron chi connectivity index (χ3n) is 2.86. The van der Waals surface area contributed by atoms with Gasteiger partial charge in [0.2, 0.25) is 0 Å². The van der Waals surface area contributed by atoms with Crippen LogP contribution in [0.2, 0.25) is 0 Å². The maximum Gasteiger partial charge on any atom is 0.269 e. The number of nitro groups is 1. The van der Waals surface area contributed by atoms with Gasteiger partial charge in [0.1, 0.15) is 11.8 Å². The first-order valence-electron chi connectivity index (χ1n) is 6.16. The fourth-order valence-electron chi connectivity index (χ4n) is 1.78. The zero-order valence-electron chi connectivity index (χ0n) is 11.0. The molecule has 0 bridgehead atoms. The molecule has 0 amide bonds. The maximum absolute atomic E-state index is 10.6. The SMILES string of the molecule is N#Cc1cc(Br)ccc1OCCc1ccc([N+](=O)[O-])cc1. The number of halogens is 1. The molecule has 0 atom stereocenters. The summed E-state index contributed by atoms with van der Waals surface area (Å²) in [6.45, 7) is 0.397. The molecule has 5 nitrogen and oxygen atoms in total. The van der Waals surface area contributed by atoms with Gasteiger partial charge in [-0.1, -0.05) is 28.1 Å². The first kappa shape index (κ1) is 15.0. The molecule has 21 heavy (non-hydrogen) atoms. The second kappa shape index (κ2) is 6.86. The van der Waals surface area contributed by atoms with Crippen molar-refractivity contribution in [2.45, 2.75) is 6.42 Å². The first-order valence-corrected chi connectivity index (χ1v) is 6.95. The van der Waals surface area contributed by atoms with Crippen LogP contribution < -0.4 is 4.74 Å². The third kappa shape index (κ3) is 4.04. The zero-order valence-corrected chi connectivity index (χ0v) is 12.5. The molecule has 0 spiro atoms. The quantitative estimate of drug-likeness (QED) is 0.608. The predicted octanol–water partition coefficient (Wildman–Crippen LogP) is 3.85. The molecule has 0 heterocycles. The molecular formula is C15H11BrN2O3. The third-order valence-corrected chi connectivity index (χ3v) is 3.35. The monoisotopic (exact) mass is 346 g/mol. The Labute approximate surface area is 130 Å².